The second-order valence-corrected chi connectivity index (χ2v) is 5.97. The van der Waals surface area contributed by atoms with Gasteiger partial charge in [0.25, 0.3) is 0 Å². The van der Waals surface area contributed by atoms with Gasteiger partial charge in [-0.15, -0.1) is 0 Å². The summed E-state index contributed by atoms with van der Waals surface area (Å²) in [5.41, 5.74) is 6.07. The minimum atomic E-state index is -3.35. The molecule has 0 radical (unpaired) electrons. The van der Waals surface area contributed by atoms with Crippen LogP contribution in [0.1, 0.15) is 19.3 Å². The molecule has 16 heavy (non-hydrogen) atoms. The van der Waals surface area contributed by atoms with Crippen LogP contribution in [-0.2, 0) is 10.0 Å². The Labute approximate surface area is 95.9 Å². The van der Waals surface area contributed by atoms with Crippen molar-refractivity contribution in [2.75, 3.05) is 12.3 Å². The molecule has 0 heterocycles. The lowest BCUT2D eigenvalue weighted by atomic mass is 10.3. The van der Waals surface area contributed by atoms with Gasteiger partial charge in [-0.25, -0.2) is 13.1 Å². The zero-order chi connectivity index (χ0) is 11.6. The molecule has 1 aromatic rings. The molecule has 0 aromatic heterocycles. The Morgan fingerprint density at radius 3 is 2.44 bits per heavy atom. The Morgan fingerprint density at radius 1 is 1.25 bits per heavy atom. The van der Waals surface area contributed by atoms with Crippen LogP contribution in [0.2, 0.25) is 0 Å². The van der Waals surface area contributed by atoms with Crippen LogP contribution in [0.5, 0.6) is 0 Å². The minimum absolute atomic E-state index is 0.275. The topological polar surface area (TPSA) is 72.2 Å². The summed E-state index contributed by atoms with van der Waals surface area (Å²) in [5, 5.41) is 0. The van der Waals surface area contributed by atoms with Crippen molar-refractivity contribution in [3.63, 3.8) is 0 Å². The van der Waals surface area contributed by atoms with Gasteiger partial charge >= 0.3 is 0 Å². The van der Waals surface area contributed by atoms with Gasteiger partial charge in [-0.2, -0.15) is 0 Å². The third-order valence-electron chi connectivity index (χ3n) is 2.73. The van der Waals surface area contributed by atoms with E-state index in [2.05, 4.69) is 4.72 Å². The smallest absolute Gasteiger partial charge is 0.240 e. The summed E-state index contributed by atoms with van der Waals surface area (Å²) >= 11 is 0. The van der Waals surface area contributed by atoms with E-state index in [0.717, 1.165) is 12.3 Å². The second kappa shape index (κ2) is 4.43. The molecule has 3 N–H and O–H groups in total. The number of hydrogen-bond acceptors (Lipinski definition) is 3. The van der Waals surface area contributed by atoms with Crippen LogP contribution in [0.4, 0.5) is 5.69 Å². The molecule has 88 valence electrons. The van der Waals surface area contributed by atoms with E-state index < -0.39 is 10.0 Å². The van der Waals surface area contributed by atoms with Crippen LogP contribution in [0.25, 0.3) is 0 Å². The predicted octanol–water partition coefficient (Wildman–Crippen LogP) is 1.35. The van der Waals surface area contributed by atoms with Crippen LogP contribution in [0.15, 0.2) is 29.2 Å². The number of nitrogen functional groups attached to an aromatic ring is 1. The molecule has 2 rings (SSSR count). The molecule has 1 aromatic carbocycles. The molecular weight excluding hydrogens is 224 g/mol. The number of anilines is 1. The molecule has 0 spiro atoms. The summed E-state index contributed by atoms with van der Waals surface area (Å²) in [5.74, 6) is 0.731. The molecule has 0 saturated heterocycles. The Bertz CT molecular complexity index is 449. The highest BCUT2D eigenvalue weighted by molar-refractivity contribution is 7.89. The molecule has 1 aliphatic rings. The minimum Gasteiger partial charge on any atom is -0.399 e. The van der Waals surface area contributed by atoms with Crippen molar-refractivity contribution in [3.05, 3.63) is 24.3 Å². The molecule has 1 aliphatic carbocycles. The van der Waals surface area contributed by atoms with Crippen LogP contribution < -0.4 is 10.5 Å². The normalized spacial score (nSPS) is 16.2. The van der Waals surface area contributed by atoms with E-state index in [9.17, 15) is 8.42 Å². The summed E-state index contributed by atoms with van der Waals surface area (Å²) in [4.78, 5) is 0.275. The quantitative estimate of drug-likeness (QED) is 0.763. The van der Waals surface area contributed by atoms with E-state index in [1.54, 1.807) is 12.1 Å². The highest BCUT2D eigenvalue weighted by atomic mass is 32.2. The van der Waals surface area contributed by atoms with Gasteiger partial charge in [0.15, 0.2) is 0 Å². The highest BCUT2D eigenvalue weighted by Gasteiger charge is 2.21. The van der Waals surface area contributed by atoms with E-state index in [4.69, 9.17) is 5.73 Å². The van der Waals surface area contributed by atoms with Gasteiger partial charge in [0.1, 0.15) is 0 Å². The SMILES string of the molecule is Nc1ccc(S(=O)(=O)NCCC2CC2)cc1. The van der Waals surface area contributed by atoms with Crippen molar-refractivity contribution in [3.8, 4) is 0 Å². The van der Waals surface area contributed by atoms with Crippen molar-refractivity contribution in [1.29, 1.82) is 0 Å². The maximum atomic E-state index is 11.8. The lowest BCUT2D eigenvalue weighted by Gasteiger charge is -2.06. The van der Waals surface area contributed by atoms with Gasteiger partial charge < -0.3 is 5.73 Å². The third kappa shape index (κ3) is 2.96. The van der Waals surface area contributed by atoms with Gasteiger partial charge in [-0.1, -0.05) is 12.8 Å². The van der Waals surface area contributed by atoms with Gasteiger partial charge in [0.05, 0.1) is 4.90 Å². The van der Waals surface area contributed by atoms with Gasteiger partial charge in [-0.3, -0.25) is 0 Å². The summed E-state index contributed by atoms with van der Waals surface area (Å²) in [6.45, 7) is 0.525. The van der Waals surface area contributed by atoms with E-state index in [-0.39, 0.29) is 4.90 Å². The van der Waals surface area contributed by atoms with Gasteiger partial charge in [0, 0.05) is 12.2 Å². The standard InChI is InChI=1S/C11H16N2O2S/c12-10-3-5-11(6-4-10)16(14,15)13-8-7-9-1-2-9/h3-6,9,13H,1-2,7-8,12H2. The van der Waals surface area contributed by atoms with Gasteiger partial charge in [-0.05, 0) is 36.6 Å². The summed E-state index contributed by atoms with van der Waals surface area (Å²) in [6.07, 6.45) is 3.42. The number of rotatable bonds is 5. The molecule has 4 nitrogen and oxygen atoms in total. The Morgan fingerprint density at radius 2 is 1.88 bits per heavy atom. The fraction of sp³-hybridized carbons (Fsp3) is 0.455. The van der Waals surface area contributed by atoms with Gasteiger partial charge in [0.2, 0.25) is 10.0 Å². The monoisotopic (exact) mass is 240 g/mol. The van der Waals surface area contributed by atoms with Crippen molar-refractivity contribution < 1.29 is 8.42 Å². The molecule has 0 atom stereocenters. The molecule has 0 aliphatic heterocycles. The van der Waals surface area contributed by atoms with E-state index in [1.165, 1.54) is 25.0 Å². The molecule has 0 bridgehead atoms. The van der Waals surface area contributed by atoms with Crippen molar-refractivity contribution in [2.24, 2.45) is 5.92 Å². The number of benzene rings is 1. The van der Waals surface area contributed by atoms with Crippen LogP contribution in [0, 0.1) is 5.92 Å². The average molecular weight is 240 g/mol. The lowest BCUT2D eigenvalue weighted by Crippen LogP contribution is -2.25. The average Bonchev–Trinajstić information content (AvgIpc) is 3.02. The molecule has 1 saturated carbocycles. The fourth-order valence-corrected chi connectivity index (χ4v) is 2.58. The molecule has 1 fully saturated rings. The first-order valence-corrected chi connectivity index (χ1v) is 6.91. The molecule has 5 heteroatoms. The van der Waals surface area contributed by atoms with Crippen molar-refractivity contribution in [1.82, 2.24) is 4.72 Å². The lowest BCUT2D eigenvalue weighted by molar-refractivity contribution is 0.575. The zero-order valence-electron chi connectivity index (χ0n) is 9.02. The third-order valence-corrected chi connectivity index (χ3v) is 4.21. The van der Waals surface area contributed by atoms with Crippen LogP contribution in [0.3, 0.4) is 0 Å². The number of hydrogen-bond donors (Lipinski definition) is 2. The molecular formula is C11H16N2O2S. The maximum Gasteiger partial charge on any atom is 0.240 e. The van der Waals surface area contributed by atoms with E-state index in [0.29, 0.717) is 12.2 Å². The highest BCUT2D eigenvalue weighted by Crippen LogP contribution is 2.31. The predicted molar refractivity (Wildman–Crippen MR) is 63.4 cm³/mol. The number of sulfonamides is 1. The Kier molecular flexibility index (Phi) is 3.16. The van der Waals surface area contributed by atoms with Crippen molar-refractivity contribution in [2.45, 2.75) is 24.2 Å². The van der Waals surface area contributed by atoms with Crippen LogP contribution in [-0.4, -0.2) is 15.0 Å². The first kappa shape index (κ1) is 11.4. The largest absolute Gasteiger partial charge is 0.399 e. The zero-order valence-corrected chi connectivity index (χ0v) is 9.83. The first-order valence-electron chi connectivity index (χ1n) is 5.43. The second-order valence-electron chi connectivity index (χ2n) is 4.20. The summed E-state index contributed by atoms with van der Waals surface area (Å²) in [7, 11) is -3.35. The Hall–Kier alpha value is -1.07. The van der Waals surface area contributed by atoms with Crippen LogP contribution >= 0.6 is 0 Å². The number of nitrogens with one attached hydrogen (secondary N) is 1. The van der Waals surface area contributed by atoms with Crippen molar-refractivity contribution >= 4 is 15.7 Å². The maximum absolute atomic E-state index is 11.8. The summed E-state index contributed by atoms with van der Waals surface area (Å²) < 4.78 is 26.2. The Balaban J connectivity index is 1.97. The first-order chi connectivity index (χ1) is 7.58. The molecule has 0 amide bonds. The van der Waals surface area contributed by atoms with E-state index in [1.807, 2.05) is 0 Å². The molecule has 0 unspecified atom stereocenters. The fourth-order valence-electron chi connectivity index (χ4n) is 1.53. The van der Waals surface area contributed by atoms with E-state index >= 15 is 0 Å². The number of nitrogens with two attached hydrogens (primary N) is 1. The summed E-state index contributed by atoms with van der Waals surface area (Å²) in [6, 6.07) is 6.23.